The maximum absolute atomic E-state index is 13.3. The second-order valence-corrected chi connectivity index (χ2v) is 13.6. The summed E-state index contributed by atoms with van der Waals surface area (Å²) in [6, 6.07) is 17.2. The Morgan fingerprint density at radius 3 is 2.47 bits per heavy atom. The predicted octanol–water partition coefficient (Wildman–Crippen LogP) is 2.67. The summed E-state index contributed by atoms with van der Waals surface area (Å²) in [7, 11) is -0.0836. The fraction of sp³-hybridized carbons (Fsp3) is 0.243. The number of methoxy groups -OCH3 is 1. The van der Waals surface area contributed by atoms with Gasteiger partial charge in [0, 0.05) is 49.4 Å². The topological polar surface area (TPSA) is 192 Å². The molecule has 3 N–H and O–H groups in total. The van der Waals surface area contributed by atoms with Gasteiger partial charge in [-0.1, -0.05) is 18.2 Å². The minimum absolute atomic E-state index is 0.0144. The highest BCUT2D eigenvalue weighted by Gasteiger charge is 2.45. The van der Waals surface area contributed by atoms with E-state index in [9.17, 15) is 37.2 Å². The van der Waals surface area contributed by atoms with E-state index in [1.807, 2.05) is 0 Å². The van der Waals surface area contributed by atoms with Gasteiger partial charge in [-0.05, 0) is 66.9 Å². The number of piperidine rings is 1. The molecule has 6 amide bonds. The van der Waals surface area contributed by atoms with Crippen LogP contribution in [-0.2, 0) is 31.7 Å². The van der Waals surface area contributed by atoms with Crippen LogP contribution in [-0.4, -0.2) is 82.0 Å². The van der Waals surface area contributed by atoms with Crippen molar-refractivity contribution in [1.82, 2.24) is 15.5 Å². The molecular formula is C37H34N6O9S. The number of aryl methyl sites for hydroxylation is 1. The van der Waals surface area contributed by atoms with Crippen molar-refractivity contribution in [3.8, 4) is 5.75 Å². The largest absolute Gasteiger partial charge is 0.495 e. The number of imide groups is 2. The van der Waals surface area contributed by atoms with E-state index < -0.39 is 40.6 Å². The number of amides is 6. The van der Waals surface area contributed by atoms with Crippen LogP contribution in [0.1, 0.15) is 55.9 Å². The lowest BCUT2D eigenvalue weighted by Gasteiger charge is -2.27. The second kappa shape index (κ2) is 14.0. The van der Waals surface area contributed by atoms with Gasteiger partial charge in [0.15, 0.2) is 0 Å². The van der Waals surface area contributed by atoms with Gasteiger partial charge in [0.05, 0.1) is 40.9 Å². The van der Waals surface area contributed by atoms with E-state index in [4.69, 9.17) is 4.74 Å². The molecule has 0 aromatic heterocycles. The number of para-hydroxylation sites is 2. The second-order valence-electron chi connectivity index (χ2n) is 12.7. The van der Waals surface area contributed by atoms with Crippen molar-refractivity contribution in [2.75, 3.05) is 41.8 Å². The number of fused-ring (bicyclic) bond motifs is 1. The Kier molecular flexibility index (Phi) is 9.30. The molecule has 53 heavy (non-hydrogen) atoms. The monoisotopic (exact) mass is 738 g/mol. The molecule has 0 radical (unpaired) electrons. The van der Waals surface area contributed by atoms with Crippen molar-refractivity contribution in [2.45, 2.75) is 31.7 Å². The van der Waals surface area contributed by atoms with Gasteiger partial charge in [0.25, 0.3) is 17.7 Å². The Morgan fingerprint density at radius 2 is 1.72 bits per heavy atom. The molecule has 3 aliphatic rings. The van der Waals surface area contributed by atoms with Crippen LogP contribution in [0.25, 0.3) is 10.8 Å². The summed E-state index contributed by atoms with van der Waals surface area (Å²) in [5.74, 6) is -2.59. The lowest BCUT2D eigenvalue weighted by Crippen LogP contribution is -2.54. The number of ether oxygens (including phenoxy) is 1. The van der Waals surface area contributed by atoms with Gasteiger partial charge in [-0.15, -0.1) is 0 Å². The molecule has 0 aliphatic carbocycles. The lowest BCUT2D eigenvalue weighted by molar-refractivity contribution is -0.136. The minimum atomic E-state index is -3.18. The highest BCUT2D eigenvalue weighted by Crippen LogP contribution is 2.45. The van der Waals surface area contributed by atoms with E-state index in [0.29, 0.717) is 50.4 Å². The van der Waals surface area contributed by atoms with Gasteiger partial charge < -0.3 is 20.3 Å². The number of anilines is 4. The zero-order valence-electron chi connectivity index (χ0n) is 28.6. The summed E-state index contributed by atoms with van der Waals surface area (Å²) in [4.78, 5) is 79.1. The Hall–Kier alpha value is -6.29. The van der Waals surface area contributed by atoms with E-state index >= 15 is 0 Å². The summed E-state index contributed by atoms with van der Waals surface area (Å²) < 4.78 is 32.1. The summed E-state index contributed by atoms with van der Waals surface area (Å²) in [6.45, 7) is 0.382. The smallest absolute Gasteiger partial charge is 0.264 e. The average Bonchev–Trinajstić information content (AvgIpc) is 3.55. The first-order valence-electron chi connectivity index (χ1n) is 16.8. The zero-order valence-corrected chi connectivity index (χ0v) is 29.5. The Balaban J connectivity index is 1.04. The lowest BCUT2D eigenvalue weighted by atomic mass is 9.97. The molecule has 3 aliphatic heterocycles. The number of nitrogens with one attached hydrogen (secondary N) is 3. The number of hydrogen-bond acceptors (Lipinski definition) is 10. The Morgan fingerprint density at radius 1 is 0.925 bits per heavy atom. The minimum Gasteiger partial charge on any atom is -0.495 e. The van der Waals surface area contributed by atoms with Crippen LogP contribution in [0, 0.1) is 0 Å². The first-order chi connectivity index (χ1) is 25.5. The number of carbonyl (C=O) groups is 6. The van der Waals surface area contributed by atoms with E-state index in [-0.39, 0.29) is 61.7 Å². The molecule has 4 aromatic carbocycles. The fourth-order valence-electron chi connectivity index (χ4n) is 7.10. The Labute approximate surface area is 304 Å². The number of nitrogens with zero attached hydrogens (tertiary/aromatic N) is 3. The van der Waals surface area contributed by atoms with Crippen molar-refractivity contribution in [1.29, 1.82) is 0 Å². The van der Waals surface area contributed by atoms with Gasteiger partial charge in [-0.3, -0.25) is 39.0 Å². The fourth-order valence-corrected chi connectivity index (χ4v) is 7.79. The highest BCUT2D eigenvalue weighted by molar-refractivity contribution is 7.74. The van der Waals surface area contributed by atoms with E-state index in [2.05, 4.69) is 16.0 Å². The molecule has 15 nitrogen and oxygen atoms in total. The summed E-state index contributed by atoms with van der Waals surface area (Å²) >= 11 is 0. The first-order valence-corrected chi connectivity index (χ1v) is 17.9. The molecule has 0 spiro atoms. The molecule has 1 atom stereocenters. The van der Waals surface area contributed by atoms with Gasteiger partial charge in [-0.25, -0.2) is 12.7 Å². The third kappa shape index (κ3) is 6.20. The maximum atomic E-state index is 13.3. The van der Waals surface area contributed by atoms with Crippen molar-refractivity contribution in [3.05, 3.63) is 89.0 Å². The maximum Gasteiger partial charge on any atom is 0.264 e. The van der Waals surface area contributed by atoms with Crippen LogP contribution in [0.2, 0.25) is 0 Å². The van der Waals surface area contributed by atoms with Crippen LogP contribution in [0.5, 0.6) is 5.75 Å². The van der Waals surface area contributed by atoms with E-state index in [0.717, 1.165) is 9.21 Å². The quantitative estimate of drug-likeness (QED) is 0.0955. The van der Waals surface area contributed by atoms with Crippen LogP contribution >= 0.6 is 0 Å². The van der Waals surface area contributed by atoms with Gasteiger partial charge in [-0.2, -0.15) is 0 Å². The number of rotatable bonds is 12. The van der Waals surface area contributed by atoms with Crippen LogP contribution in [0.3, 0.4) is 0 Å². The SMILES string of the molecule is COc1ccccc1N(c1ccc2c3c(cc(CCC(=O)NCCNc4cccc5c4C(=O)N(C4CCC(=O)NC4=O)C5=O)cc13)C(=O)N2C)[SH](=O)=O. The summed E-state index contributed by atoms with van der Waals surface area (Å²) in [6.07, 6.45) is 0.370. The summed E-state index contributed by atoms with van der Waals surface area (Å²) in [5.41, 5.74) is 2.97. The number of carbonyl (C=O) groups excluding carboxylic acids is 6. The molecule has 7 rings (SSSR count). The number of hydrogen-bond donors (Lipinski definition) is 4. The molecule has 16 heteroatoms. The Bertz CT molecular complexity index is 2330. The molecule has 272 valence electrons. The van der Waals surface area contributed by atoms with Crippen molar-refractivity contribution < 1.29 is 41.9 Å². The standard InChI is InChI=1S/C37H34N6O9S/c1-41-27-12-11-25(43(53(50)51)26-8-3-4-9-29(26)52-2)22-18-20(19-23(32(22)27)35(41)47)10-14-30(44)39-17-16-38-24-7-5-6-21-33(24)37(49)42(36(21)48)28-13-15-31(45)40-34(28)46/h3-9,11-12,18-19,28,38,53H,10,13-17H2,1-2H3,(H,39,44)(H,40,45,46). The molecular weight excluding hydrogens is 705 g/mol. The van der Waals surface area contributed by atoms with Crippen molar-refractivity contribution in [2.24, 2.45) is 0 Å². The zero-order chi connectivity index (χ0) is 37.6. The molecule has 0 saturated carbocycles. The molecule has 3 heterocycles. The van der Waals surface area contributed by atoms with Crippen LogP contribution < -0.4 is 29.9 Å². The molecule has 1 saturated heterocycles. The van der Waals surface area contributed by atoms with Crippen LogP contribution in [0.15, 0.2) is 66.7 Å². The van der Waals surface area contributed by atoms with Gasteiger partial charge >= 0.3 is 0 Å². The molecule has 1 unspecified atom stereocenters. The van der Waals surface area contributed by atoms with Crippen LogP contribution in [0.4, 0.5) is 22.7 Å². The van der Waals surface area contributed by atoms with Crippen molar-refractivity contribution >= 4 is 79.9 Å². The third-order valence-corrected chi connectivity index (χ3v) is 10.4. The van der Waals surface area contributed by atoms with E-state index in [1.165, 1.54) is 18.1 Å². The normalized spacial score (nSPS) is 16.4. The third-order valence-electron chi connectivity index (χ3n) is 9.60. The highest BCUT2D eigenvalue weighted by atomic mass is 32.2. The molecule has 1 fully saturated rings. The predicted molar refractivity (Wildman–Crippen MR) is 195 cm³/mol. The van der Waals surface area contributed by atoms with Gasteiger partial charge in [0.2, 0.25) is 28.6 Å². The number of thiol groups is 1. The van der Waals surface area contributed by atoms with Gasteiger partial charge in [0.1, 0.15) is 11.8 Å². The average molecular weight is 739 g/mol. The molecule has 0 bridgehead atoms. The first kappa shape index (κ1) is 35.1. The summed E-state index contributed by atoms with van der Waals surface area (Å²) in [5, 5.41) is 9.23. The molecule has 4 aromatic rings. The van der Waals surface area contributed by atoms with E-state index in [1.54, 1.807) is 67.7 Å². The number of benzene rings is 4. The van der Waals surface area contributed by atoms with Crippen molar-refractivity contribution in [3.63, 3.8) is 0 Å².